The van der Waals surface area contributed by atoms with Gasteiger partial charge in [-0.05, 0) is 29.3 Å². The average molecular weight is 328 g/mol. The highest BCUT2D eigenvalue weighted by molar-refractivity contribution is 9.10. The van der Waals surface area contributed by atoms with Crippen LogP contribution in [0.5, 0.6) is 0 Å². The van der Waals surface area contributed by atoms with Crippen LogP contribution in [0.25, 0.3) is 10.9 Å². The molecule has 20 heavy (non-hydrogen) atoms. The topological polar surface area (TPSA) is 33.1 Å². The van der Waals surface area contributed by atoms with Crippen LogP contribution in [0.4, 0.5) is 0 Å². The molecule has 2 nitrogen and oxygen atoms in total. The quantitative estimate of drug-likeness (QED) is 0.779. The number of pyridine rings is 1. The number of aliphatic hydroxyl groups excluding tert-OH is 1. The van der Waals surface area contributed by atoms with E-state index in [1.165, 1.54) is 0 Å². The lowest BCUT2D eigenvalue weighted by atomic mass is 10.0. The van der Waals surface area contributed by atoms with E-state index < -0.39 is 6.10 Å². The molecule has 0 bridgehead atoms. The van der Waals surface area contributed by atoms with Gasteiger partial charge in [0.2, 0.25) is 0 Å². The van der Waals surface area contributed by atoms with Gasteiger partial charge in [-0.1, -0.05) is 52.3 Å². The van der Waals surface area contributed by atoms with E-state index in [0.717, 1.165) is 26.5 Å². The maximum absolute atomic E-state index is 10.4. The number of hydrogen-bond acceptors (Lipinski definition) is 2. The summed E-state index contributed by atoms with van der Waals surface area (Å²) in [6.45, 7) is 0. The van der Waals surface area contributed by atoms with Crippen molar-refractivity contribution < 1.29 is 5.11 Å². The molecule has 1 N–H and O–H groups in total. The standard InChI is InChI=1S/C17H14BrNO/c18-15-6-2-1-4-13(15)11-17(20)14-8-7-12-5-3-9-19-16(12)10-14/h1-10,17,20H,11H2. The van der Waals surface area contributed by atoms with Crippen LogP contribution in [0, 0.1) is 0 Å². The zero-order valence-corrected chi connectivity index (χ0v) is 12.4. The van der Waals surface area contributed by atoms with Crippen molar-refractivity contribution in [1.29, 1.82) is 0 Å². The third-order valence-corrected chi connectivity index (χ3v) is 4.16. The van der Waals surface area contributed by atoms with Crippen molar-refractivity contribution in [3.05, 3.63) is 76.4 Å². The van der Waals surface area contributed by atoms with Crippen LogP contribution in [-0.2, 0) is 6.42 Å². The van der Waals surface area contributed by atoms with Crippen molar-refractivity contribution in [2.75, 3.05) is 0 Å². The van der Waals surface area contributed by atoms with E-state index in [0.29, 0.717) is 6.42 Å². The monoisotopic (exact) mass is 327 g/mol. The van der Waals surface area contributed by atoms with E-state index in [1.807, 2.05) is 54.6 Å². The Labute approximate surface area is 126 Å². The molecular weight excluding hydrogens is 314 g/mol. The summed E-state index contributed by atoms with van der Waals surface area (Å²) < 4.78 is 1.03. The predicted molar refractivity (Wildman–Crippen MR) is 84.5 cm³/mol. The summed E-state index contributed by atoms with van der Waals surface area (Å²) >= 11 is 3.51. The lowest BCUT2D eigenvalue weighted by Gasteiger charge is -2.13. The summed E-state index contributed by atoms with van der Waals surface area (Å²) in [7, 11) is 0. The van der Waals surface area contributed by atoms with Gasteiger partial charge in [0.25, 0.3) is 0 Å². The van der Waals surface area contributed by atoms with Crippen LogP contribution >= 0.6 is 15.9 Å². The number of halogens is 1. The van der Waals surface area contributed by atoms with Crippen LogP contribution in [-0.4, -0.2) is 10.1 Å². The van der Waals surface area contributed by atoms with Crippen LogP contribution in [0.3, 0.4) is 0 Å². The number of aromatic nitrogens is 1. The van der Waals surface area contributed by atoms with Crippen LogP contribution in [0.2, 0.25) is 0 Å². The highest BCUT2D eigenvalue weighted by Crippen LogP contribution is 2.25. The zero-order valence-electron chi connectivity index (χ0n) is 10.8. The fraction of sp³-hybridized carbons (Fsp3) is 0.118. The minimum Gasteiger partial charge on any atom is -0.388 e. The molecule has 1 atom stereocenters. The first kappa shape index (κ1) is 13.3. The molecule has 0 aliphatic rings. The molecule has 1 aromatic heterocycles. The zero-order chi connectivity index (χ0) is 13.9. The van der Waals surface area contributed by atoms with Crippen LogP contribution in [0.15, 0.2) is 65.3 Å². The first-order chi connectivity index (χ1) is 9.74. The predicted octanol–water partition coefficient (Wildman–Crippen LogP) is 4.27. The largest absolute Gasteiger partial charge is 0.388 e. The van der Waals surface area contributed by atoms with Gasteiger partial charge in [0, 0.05) is 22.5 Å². The minimum atomic E-state index is -0.528. The van der Waals surface area contributed by atoms with Crippen molar-refractivity contribution >= 4 is 26.8 Å². The molecule has 0 spiro atoms. The van der Waals surface area contributed by atoms with Gasteiger partial charge in [0.1, 0.15) is 0 Å². The molecule has 0 saturated heterocycles. The lowest BCUT2D eigenvalue weighted by molar-refractivity contribution is 0.178. The average Bonchev–Trinajstić information content (AvgIpc) is 2.49. The second-order valence-electron chi connectivity index (χ2n) is 4.77. The maximum atomic E-state index is 10.4. The molecule has 0 saturated carbocycles. The summed E-state index contributed by atoms with van der Waals surface area (Å²) in [6.07, 6.45) is 1.83. The van der Waals surface area contributed by atoms with Crippen molar-refractivity contribution in [3.63, 3.8) is 0 Å². The third kappa shape index (κ3) is 2.74. The highest BCUT2D eigenvalue weighted by atomic mass is 79.9. The van der Waals surface area contributed by atoms with Crippen molar-refractivity contribution in [2.24, 2.45) is 0 Å². The molecule has 1 unspecified atom stereocenters. The molecule has 0 aliphatic heterocycles. The smallest absolute Gasteiger partial charge is 0.0831 e. The molecule has 3 heteroatoms. The van der Waals surface area contributed by atoms with E-state index in [-0.39, 0.29) is 0 Å². The fourth-order valence-electron chi connectivity index (χ4n) is 2.28. The molecule has 0 radical (unpaired) electrons. The fourth-order valence-corrected chi connectivity index (χ4v) is 2.73. The summed E-state index contributed by atoms with van der Waals surface area (Å²) in [5.41, 5.74) is 2.91. The Hall–Kier alpha value is -1.71. The SMILES string of the molecule is OC(Cc1ccccc1Br)c1ccc2cccnc2c1. The van der Waals surface area contributed by atoms with Gasteiger partial charge in [-0.15, -0.1) is 0 Å². The molecule has 2 aromatic carbocycles. The Balaban J connectivity index is 1.89. The van der Waals surface area contributed by atoms with E-state index >= 15 is 0 Å². The molecule has 100 valence electrons. The first-order valence-corrected chi connectivity index (χ1v) is 7.29. The second kappa shape index (κ2) is 5.73. The number of rotatable bonds is 3. The third-order valence-electron chi connectivity index (χ3n) is 3.39. The molecule has 1 heterocycles. The number of nitrogens with zero attached hydrogens (tertiary/aromatic N) is 1. The normalized spacial score (nSPS) is 12.5. The second-order valence-corrected chi connectivity index (χ2v) is 5.62. The molecule has 3 rings (SSSR count). The minimum absolute atomic E-state index is 0.528. The van der Waals surface area contributed by atoms with Crippen LogP contribution < -0.4 is 0 Å². The lowest BCUT2D eigenvalue weighted by Crippen LogP contribution is -2.02. The van der Waals surface area contributed by atoms with Crippen molar-refractivity contribution in [1.82, 2.24) is 4.98 Å². The Morgan fingerprint density at radius 2 is 1.90 bits per heavy atom. The summed E-state index contributed by atoms with van der Waals surface area (Å²) in [5, 5.41) is 11.5. The van der Waals surface area contributed by atoms with Gasteiger partial charge >= 0.3 is 0 Å². The Kier molecular flexibility index (Phi) is 3.81. The van der Waals surface area contributed by atoms with Crippen molar-refractivity contribution in [2.45, 2.75) is 12.5 Å². The van der Waals surface area contributed by atoms with Gasteiger partial charge in [-0.25, -0.2) is 0 Å². The van der Waals surface area contributed by atoms with E-state index in [4.69, 9.17) is 0 Å². The van der Waals surface area contributed by atoms with Gasteiger partial charge in [-0.2, -0.15) is 0 Å². The van der Waals surface area contributed by atoms with Crippen LogP contribution in [0.1, 0.15) is 17.2 Å². The number of fused-ring (bicyclic) bond motifs is 1. The van der Waals surface area contributed by atoms with Gasteiger partial charge in [-0.3, -0.25) is 4.98 Å². The van der Waals surface area contributed by atoms with Gasteiger partial charge in [0.15, 0.2) is 0 Å². The number of benzene rings is 2. The molecule has 0 aliphatic carbocycles. The Morgan fingerprint density at radius 3 is 2.75 bits per heavy atom. The Morgan fingerprint density at radius 1 is 1.05 bits per heavy atom. The van der Waals surface area contributed by atoms with Crippen molar-refractivity contribution in [3.8, 4) is 0 Å². The van der Waals surface area contributed by atoms with E-state index in [2.05, 4.69) is 20.9 Å². The Bertz CT molecular complexity index is 742. The van der Waals surface area contributed by atoms with E-state index in [9.17, 15) is 5.11 Å². The summed E-state index contributed by atoms with van der Waals surface area (Å²) in [6, 6.07) is 17.8. The highest BCUT2D eigenvalue weighted by Gasteiger charge is 2.11. The maximum Gasteiger partial charge on any atom is 0.0831 e. The van der Waals surface area contributed by atoms with E-state index in [1.54, 1.807) is 6.20 Å². The molecule has 0 amide bonds. The number of aliphatic hydroxyl groups is 1. The summed E-state index contributed by atoms with van der Waals surface area (Å²) in [5.74, 6) is 0. The molecular formula is C17H14BrNO. The molecule has 0 fully saturated rings. The first-order valence-electron chi connectivity index (χ1n) is 6.50. The van der Waals surface area contributed by atoms with Gasteiger partial charge in [0.05, 0.1) is 11.6 Å². The summed E-state index contributed by atoms with van der Waals surface area (Å²) in [4.78, 5) is 4.33. The molecule has 3 aromatic rings. The number of hydrogen-bond donors (Lipinski definition) is 1. The van der Waals surface area contributed by atoms with Gasteiger partial charge < -0.3 is 5.11 Å².